The van der Waals surface area contributed by atoms with Crippen molar-refractivity contribution in [3.05, 3.63) is 24.0 Å². The number of hydrogen-bond donors (Lipinski definition) is 3. The number of aliphatic hydroxyl groups is 1. The minimum atomic E-state index is -0.581. The molecular formula is C10H19FN2O. The summed E-state index contributed by atoms with van der Waals surface area (Å²) in [7, 11) is 0. The molecule has 0 aromatic carbocycles. The van der Waals surface area contributed by atoms with Crippen molar-refractivity contribution in [1.29, 1.82) is 0 Å². The van der Waals surface area contributed by atoms with Gasteiger partial charge in [-0.05, 0) is 19.8 Å². The maximum absolute atomic E-state index is 12.5. The molecular weight excluding hydrogens is 183 g/mol. The molecule has 0 aliphatic heterocycles. The standard InChI is InChI=1S/C10H19FN2O/c1-3-6-13-10(12)9(7-11)5-4-8(2)14/h3,8,13-14H,1,4-7,12H2,2H3/b10-9-. The Kier molecular flexibility index (Phi) is 6.84. The van der Waals surface area contributed by atoms with Gasteiger partial charge in [0.05, 0.1) is 11.9 Å². The highest BCUT2D eigenvalue weighted by molar-refractivity contribution is 5.10. The summed E-state index contributed by atoms with van der Waals surface area (Å²) in [4.78, 5) is 0. The molecule has 1 atom stereocenters. The Labute approximate surface area is 84.5 Å². The van der Waals surface area contributed by atoms with Crippen molar-refractivity contribution in [2.24, 2.45) is 5.73 Å². The maximum Gasteiger partial charge on any atom is 0.114 e. The molecule has 0 radical (unpaired) electrons. The third-order valence-corrected chi connectivity index (χ3v) is 1.84. The first-order chi connectivity index (χ1) is 6.61. The molecule has 0 saturated carbocycles. The number of halogens is 1. The van der Waals surface area contributed by atoms with Gasteiger partial charge in [-0.2, -0.15) is 0 Å². The quantitative estimate of drug-likeness (QED) is 0.541. The van der Waals surface area contributed by atoms with Crippen LogP contribution in [0.3, 0.4) is 0 Å². The number of nitrogens with one attached hydrogen (secondary N) is 1. The second kappa shape index (κ2) is 7.38. The second-order valence-electron chi connectivity index (χ2n) is 3.21. The van der Waals surface area contributed by atoms with Gasteiger partial charge in [-0.3, -0.25) is 0 Å². The van der Waals surface area contributed by atoms with Crippen molar-refractivity contribution < 1.29 is 9.50 Å². The summed E-state index contributed by atoms with van der Waals surface area (Å²) in [6.07, 6.45) is 2.22. The molecule has 4 heteroatoms. The zero-order chi connectivity index (χ0) is 11.0. The van der Waals surface area contributed by atoms with Gasteiger partial charge < -0.3 is 16.2 Å². The number of nitrogens with two attached hydrogens (primary N) is 1. The average molecular weight is 202 g/mol. The van der Waals surface area contributed by atoms with Crippen LogP contribution in [0.25, 0.3) is 0 Å². The Morgan fingerprint density at radius 2 is 2.36 bits per heavy atom. The van der Waals surface area contributed by atoms with Gasteiger partial charge in [0, 0.05) is 12.1 Å². The zero-order valence-electron chi connectivity index (χ0n) is 8.59. The van der Waals surface area contributed by atoms with Gasteiger partial charge in [0.2, 0.25) is 0 Å². The zero-order valence-corrected chi connectivity index (χ0v) is 8.59. The Balaban J connectivity index is 4.12. The summed E-state index contributed by atoms with van der Waals surface area (Å²) in [6, 6.07) is 0. The van der Waals surface area contributed by atoms with Gasteiger partial charge in [0.15, 0.2) is 0 Å². The van der Waals surface area contributed by atoms with Gasteiger partial charge in [-0.1, -0.05) is 6.08 Å². The number of allylic oxidation sites excluding steroid dienone is 1. The lowest BCUT2D eigenvalue weighted by Gasteiger charge is -2.11. The van der Waals surface area contributed by atoms with Crippen LogP contribution in [0.5, 0.6) is 0 Å². The van der Waals surface area contributed by atoms with E-state index < -0.39 is 12.8 Å². The molecule has 82 valence electrons. The van der Waals surface area contributed by atoms with E-state index in [1.54, 1.807) is 13.0 Å². The van der Waals surface area contributed by atoms with Crippen LogP contribution in [-0.2, 0) is 0 Å². The molecule has 0 aliphatic carbocycles. The van der Waals surface area contributed by atoms with Gasteiger partial charge in [0.1, 0.15) is 6.67 Å². The lowest BCUT2D eigenvalue weighted by atomic mass is 10.1. The molecule has 0 fully saturated rings. The summed E-state index contributed by atoms with van der Waals surface area (Å²) in [5, 5.41) is 11.9. The number of aliphatic hydroxyl groups excluding tert-OH is 1. The smallest absolute Gasteiger partial charge is 0.114 e. The first-order valence-corrected chi connectivity index (χ1v) is 4.68. The van der Waals surface area contributed by atoms with Crippen LogP contribution < -0.4 is 11.1 Å². The summed E-state index contributed by atoms with van der Waals surface area (Å²) in [5.74, 6) is 0.355. The lowest BCUT2D eigenvalue weighted by molar-refractivity contribution is 0.184. The van der Waals surface area contributed by atoms with Crippen LogP contribution >= 0.6 is 0 Å². The molecule has 3 nitrogen and oxygen atoms in total. The molecule has 1 unspecified atom stereocenters. The van der Waals surface area contributed by atoms with E-state index in [1.165, 1.54) is 0 Å². The average Bonchev–Trinajstić information content (AvgIpc) is 2.15. The van der Waals surface area contributed by atoms with Gasteiger partial charge in [-0.25, -0.2) is 4.39 Å². The van der Waals surface area contributed by atoms with Crippen molar-refractivity contribution in [1.82, 2.24) is 5.32 Å². The van der Waals surface area contributed by atoms with Crippen molar-refractivity contribution in [2.45, 2.75) is 25.9 Å². The number of hydrogen-bond acceptors (Lipinski definition) is 3. The summed E-state index contributed by atoms with van der Waals surface area (Å²) < 4.78 is 12.5. The molecule has 14 heavy (non-hydrogen) atoms. The monoisotopic (exact) mass is 202 g/mol. The van der Waals surface area contributed by atoms with Crippen molar-refractivity contribution in [3.63, 3.8) is 0 Å². The summed E-state index contributed by atoms with van der Waals surface area (Å²) in [6.45, 7) is 5.12. The van der Waals surface area contributed by atoms with E-state index in [4.69, 9.17) is 10.8 Å². The van der Waals surface area contributed by atoms with Crippen molar-refractivity contribution >= 4 is 0 Å². The Bertz CT molecular complexity index is 202. The first kappa shape index (κ1) is 13.0. The van der Waals surface area contributed by atoms with Gasteiger partial charge in [-0.15, -0.1) is 6.58 Å². The van der Waals surface area contributed by atoms with Gasteiger partial charge in [0.25, 0.3) is 0 Å². The highest BCUT2D eigenvalue weighted by Gasteiger charge is 2.05. The minimum Gasteiger partial charge on any atom is -0.393 e. The maximum atomic E-state index is 12.5. The van der Waals surface area contributed by atoms with Crippen LogP contribution in [-0.4, -0.2) is 24.4 Å². The molecule has 0 bridgehead atoms. The lowest BCUT2D eigenvalue weighted by Crippen LogP contribution is -2.23. The Morgan fingerprint density at radius 1 is 1.71 bits per heavy atom. The normalized spacial score (nSPS) is 14.5. The Morgan fingerprint density at radius 3 is 2.79 bits per heavy atom. The highest BCUT2D eigenvalue weighted by atomic mass is 19.1. The number of rotatable bonds is 7. The SMILES string of the molecule is C=CCN/C(N)=C(\CF)CCC(C)O. The fourth-order valence-electron chi connectivity index (χ4n) is 0.964. The fraction of sp³-hybridized carbons (Fsp3) is 0.600. The van der Waals surface area contributed by atoms with E-state index in [1.807, 2.05) is 0 Å². The van der Waals surface area contributed by atoms with Crippen LogP contribution in [0, 0.1) is 0 Å². The summed E-state index contributed by atoms with van der Waals surface area (Å²) in [5.41, 5.74) is 6.11. The molecule has 0 saturated heterocycles. The van der Waals surface area contributed by atoms with Gasteiger partial charge >= 0.3 is 0 Å². The third kappa shape index (κ3) is 5.59. The van der Waals surface area contributed by atoms with Crippen LogP contribution in [0.2, 0.25) is 0 Å². The predicted molar refractivity (Wildman–Crippen MR) is 56.3 cm³/mol. The highest BCUT2D eigenvalue weighted by Crippen LogP contribution is 2.09. The van der Waals surface area contributed by atoms with Crippen LogP contribution in [0.4, 0.5) is 4.39 Å². The van der Waals surface area contributed by atoms with E-state index in [0.29, 0.717) is 30.8 Å². The molecule has 0 aliphatic rings. The second-order valence-corrected chi connectivity index (χ2v) is 3.21. The minimum absolute atomic E-state index is 0.355. The van der Waals surface area contributed by atoms with Crippen molar-refractivity contribution in [3.8, 4) is 0 Å². The molecule has 0 aromatic heterocycles. The number of alkyl halides is 1. The molecule has 4 N–H and O–H groups in total. The van der Waals surface area contributed by atoms with E-state index in [0.717, 1.165) is 0 Å². The molecule has 0 aromatic rings. The predicted octanol–water partition coefficient (Wildman–Crippen LogP) is 1.06. The van der Waals surface area contributed by atoms with E-state index in [-0.39, 0.29) is 0 Å². The van der Waals surface area contributed by atoms with E-state index in [2.05, 4.69) is 11.9 Å². The third-order valence-electron chi connectivity index (χ3n) is 1.84. The van der Waals surface area contributed by atoms with Crippen LogP contribution in [0.1, 0.15) is 19.8 Å². The van der Waals surface area contributed by atoms with E-state index in [9.17, 15) is 4.39 Å². The summed E-state index contributed by atoms with van der Waals surface area (Å²) >= 11 is 0. The van der Waals surface area contributed by atoms with Crippen molar-refractivity contribution in [2.75, 3.05) is 13.2 Å². The van der Waals surface area contributed by atoms with E-state index >= 15 is 0 Å². The molecule has 0 amide bonds. The molecule has 0 spiro atoms. The molecule has 0 rings (SSSR count). The first-order valence-electron chi connectivity index (χ1n) is 4.68. The Hall–Kier alpha value is -1.03. The largest absolute Gasteiger partial charge is 0.393 e. The fourth-order valence-corrected chi connectivity index (χ4v) is 0.964. The topological polar surface area (TPSA) is 58.3 Å². The molecule has 0 heterocycles. The van der Waals surface area contributed by atoms with Crippen LogP contribution in [0.15, 0.2) is 24.0 Å².